The Morgan fingerprint density at radius 2 is 1.74 bits per heavy atom. The Balaban J connectivity index is 1.64. The van der Waals surface area contributed by atoms with Crippen LogP contribution < -0.4 is 0 Å². The van der Waals surface area contributed by atoms with Crippen molar-refractivity contribution >= 4 is 0 Å². The molecule has 0 aromatic carbocycles. The molecule has 0 aliphatic heterocycles. The highest BCUT2D eigenvalue weighted by Crippen LogP contribution is 2.67. The van der Waals surface area contributed by atoms with Crippen LogP contribution >= 0.6 is 0 Å². The van der Waals surface area contributed by atoms with E-state index in [0.717, 1.165) is 44.9 Å². The van der Waals surface area contributed by atoms with Crippen LogP contribution in [0.4, 0.5) is 0 Å². The molecule has 10 atom stereocenters. The van der Waals surface area contributed by atoms with Crippen LogP contribution in [0.3, 0.4) is 0 Å². The van der Waals surface area contributed by atoms with Gasteiger partial charge >= 0.3 is 0 Å². The van der Waals surface area contributed by atoms with Crippen molar-refractivity contribution in [2.24, 2.45) is 40.4 Å². The van der Waals surface area contributed by atoms with Crippen molar-refractivity contribution in [3.63, 3.8) is 0 Å². The molecule has 0 spiro atoms. The summed E-state index contributed by atoms with van der Waals surface area (Å²) in [7, 11) is 0. The Kier molecular flexibility index (Phi) is 4.89. The van der Waals surface area contributed by atoms with E-state index >= 15 is 0 Å². The molecule has 4 heteroatoms. The Morgan fingerprint density at radius 1 is 1.00 bits per heavy atom. The van der Waals surface area contributed by atoms with Gasteiger partial charge in [0, 0.05) is 0 Å². The van der Waals surface area contributed by atoms with Crippen LogP contribution in [0.1, 0.15) is 72.6 Å². The third kappa shape index (κ3) is 2.88. The summed E-state index contributed by atoms with van der Waals surface area (Å²) in [5.74, 6) is 1.90. The van der Waals surface area contributed by atoms with Gasteiger partial charge in [-0.3, -0.25) is 0 Å². The van der Waals surface area contributed by atoms with Gasteiger partial charge in [-0.2, -0.15) is 5.26 Å². The van der Waals surface area contributed by atoms with E-state index in [-0.39, 0.29) is 47.1 Å². The third-order valence-electron chi connectivity index (χ3n) is 9.19. The number of aliphatic hydroxyl groups is 2. The lowest BCUT2D eigenvalue weighted by Crippen LogP contribution is -2.61. The first-order valence-electron chi connectivity index (χ1n) is 11.1. The van der Waals surface area contributed by atoms with Crippen molar-refractivity contribution in [2.75, 3.05) is 0 Å². The summed E-state index contributed by atoms with van der Waals surface area (Å²) >= 11 is 0. The van der Waals surface area contributed by atoms with E-state index in [0.29, 0.717) is 17.8 Å². The molecule has 0 aromatic rings. The second kappa shape index (κ2) is 6.71. The average molecular weight is 376 g/mol. The van der Waals surface area contributed by atoms with Crippen molar-refractivity contribution < 1.29 is 14.9 Å². The van der Waals surface area contributed by atoms with Crippen molar-refractivity contribution in [2.45, 2.75) is 97.1 Å². The van der Waals surface area contributed by atoms with E-state index in [1.54, 1.807) is 0 Å². The van der Waals surface area contributed by atoms with Crippen molar-refractivity contribution in [1.29, 1.82) is 5.26 Å². The molecule has 0 aromatic heterocycles. The first-order valence-corrected chi connectivity index (χ1v) is 11.1. The summed E-state index contributed by atoms with van der Waals surface area (Å²) < 4.78 is 6.10. The summed E-state index contributed by atoms with van der Waals surface area (Å²) in [5.41, 5.74) is -0.00623. The number of fused-ring (bicyclic) bond motifs is 5. The molecular weight excluding hydrogens is 338 g/mol. The molecule has 4 saturated carbocycles. The van der Waals surface area contributed by atoms with Crippen molar-refractivity contribution in [3.05, 3.63) is 0 Å². The van der Waals surface area contributed by atoms with Gasteiger partial charge in [0.15, 0.2) is 0 Å². The molecule has 4 rings (SSSR count). The molecule has 27 heavy (non-hydrogen) atoms. The van der Waals surface area contributed by atoms with Gasteiger partial charge < -0.3 is 14.9 Å². The summed E-state index contributed by atoms with van der Waals surface area (Å²) in [6, 6.07) is 2.56. The molecule has 4 fully saturated rings. The Labute approximate surface area is 164 Å². The fraction of sp³-hybridized carbons (Fsp3) is 0.957. The SMILES string of the molecule is CC(C)OC1CC2(C)C(CCC3C4CCC(C#N)C4(C)CC(O)C32)CC1O. The van der Waals surface area contributed by atoms with Crippen LogP contribution in [0, 0.1) is 51.8 Å². The van der Waals surface area contributed by atoms with Gasteiger partial charge in [-0.25, -0.2) is 0 Å². The van der Waals surface area contributed by atoms with Crippen LogP contribution in [-0.2, 0) is 4.74 Å². The van der Waals surface area contributed by atoms with E-state index in [1.165, 1.54) is 0 Å². The third-order valence-corrected chi connectivity index (χ3v) is 9.19. The smallest absolute Gasteiger partial charge is 0.0842 e. The molecule has 10 unspecified atom stereocenters. The quantitative estimate of drug-likeness (QED) is 0.767. The predicted octanol–water partition coefficient (Wildman–Crippen LogP) is 3.90. The predicted molar refractivity (Wildman–Crippen MR) is 104 cm³/mol. The van der Waals surface area contributed by atoms with E-state index in [1.807, 2.05) is 13.8 Å². The number of ether oxygens (including phenoxy) is 1. The molecule has 0 bridgehead atoms. The van der Waals surface area contributed by atoms with Gasteiger partial charge in [0.25, 0.3) is 0 Å². The summed E-state index contributed by atoms with van der Waals surface area (Å²) in [6.07, 6.45) is 6.07. The Hall–Kier alpha value is -0.630. The van der Waals surface area contributed by atoms with E-state index in [9.17, 15) is 15.5 Å². The first-order chi connectivity index (χ1) is 12.7. The van der Waals surface area contributed by atoms with Gasteiger partial charge in [-0.05, 0) is 93.3 Å². The van der Waals surface area contributed by atoms with Gasteiger partial charge in [-0.15, -0.1) is 0 Å². The summed E-state index contributed by atoms with van der Waals surface area (Å²) in [4.78, 5) is 0. The van der Waals surface area contributed by atoms with Crippen LogP contribution in [0.5, 0.6) is 0 Å². The highest BCUT2D eigenvalue weighted by atomic mass is 16.5. The number of nitrogens with zero attached hydrogens (tertiary/aromatic N) is 1. The largest absolute Gasteiger partial charge is 0.393 e. The molecule has 4 aliphatic carbocycles. The number of rotatable bonds is 2. The van der Waals surface area contributed by atoms with Gasteiger partial charge in [0.1, 0.15) is 0 Å². The zero-order chi connectivity index (χ0) is 19.6. The molecule has 0 radical (unpaired) electrons. The van der Waals surface area contributed by atoms with Crippen molar-refractivity contribution in [3.8, 4) is 6.07 Å². The molecule has 0 saturated heterocycles. The van der Waals surface area contributed by atoms with Crippen LogP contribution in [0.2, 0.25) is 0 Å². The summed E-state index contributed by atoms with van der Waals surface area (Å²) in [5, 5.41) is 31.7. The fourth-order valence-corrected chi connectivity index (χ4v) is 8.08. The van der Waals surface area contributed by atoms with Crippen molar-refractivity contribution in [1.82, 2.24) is 0 Å². The summed E-state index contributed by atoms with van der Waals surface area (Å²) in [6.45, 7) is 8.69. The zero-order valence-electron chi connectivity index (χ0n) is 17.4. The minimum atomic E-state index is -0.387. The second-order valence-electron chi connectivity index (χ2n) is 10.8. The molecule has 4 aliphatic rings. The minimum Gasteiger partial charge on any atom is -0.393 e. The maximum Gasteiger partial charge on any atom is 0.0842 e. The lowest BCUT2D eigenvalue weighted by atomic mass is 9.43. The van der Waals surface area contributed by atoms with Gasteiger partial charge in [0.2, 0.25) is 0 Å². The molecule has 0 heterocycles. The van der Waals surface area contributed by atoms with E-state index in [2.05, 4.69) is 19.9 Å². The number of hydrogen-bond donors (Lipinski definition) is 2. The van der Waals surface area contributed by atoms with Gasteiger partial charge in [-0.1, -0.05) is 13.8 Å². The molecule has 0 amide bonds. The average Bonchev–Trinajstić information content (AvgIpc) is 2.91. The highest BCUT2D eigenvalue weighted by molar-refractivity contribution is 5.15. The van der Waals surface area contributed by atoms with E-state index in [4.69, 9.17) is 4.74 Å². The topological polar surface area (TPSA) is 73.5 Å². The van der Waals surface area contributed by atoms with E-state index < -0.39 is 0 Å². The molecule has 152 valence electrons. The molecular formula is C23H37NO3. The number of nitriles is 1. The van der Waals surface area contributed by atoms with Crippen LogP contribution in [-0.4, -0.2) is 34.6 Å². The monoisotopic (exact) mass is 375 g/mol. The number of hydrogen-bond acceptors (Lipinski definition) is 4. The maximum absolute atomic E-state index is 11.4. The highest BCUT2D eigenvalue weighted by Gasteiger charge is 2.64. The fourth-order valence-electron chi connectivity index (χ4n) is 8.08. The number of aliphatic hydroxyl groups excluding tert-OH is 2. The molecule has 4 nitrogen and oxygen atoms in total. The lowest BCUT2D eigenvalue weighted by Gasteiger charge is -2.62. The Morgan fingerprint density at radius 3 is 2.41 bits per heavy atom. The first kappa shape index (κ1) is 19.7. The zero-order valence-corrected chi connectivity index (χ0v) is 17.4. The maximum atomic E-state index is 11.4. The second-order valence-corrected chi connectivity index (χ2v) is 10.8. The van der Waals surface area contributed by atoms with Crippen LogP contribution in [0.25, 0.3) is 0 Å². The lowest BCUT2D eigenvalue weighted by molar-refractivity contribution is -0.206. The Bertz CT molecular complexity index is 615. The van der Waals surface area contributed by atoms with Crippen LogP contribution in [0.15, 0.2) is 0 Å². The normalized spacial score (nSPS) is 54.7. The molecule has 2 N–H and O–H groups in total. The standard InChI is InChI=1S/C23H37NO3/c1-13(2)27-20-11-23(4)14(9-18(20)25)5-7-16-17-8-6-15(12-24)22(17,3)10-19(26)21(16)23/h13-21,25-26H,5-11H2,1-4H3. The van der Waals surface area contributed by atoms with Gasteiger partial charge in [0.05, 0.1) is 36.4 Å². The minimum absolute atomic E-state index is 0.0210.